The Morgan fingerprint density at radius 2 is 2.24 bits per heavy atom. The SMILES string of the molecule is CCCC(C)(N)C(=O)Nc1ccc(C)c(-n2cnnn2)c1. The van der Waals surface area contributed by atoms with E-state index in [-0.39, 0.29) is 5.91 Å². The summed E-state index contributed by atoms with van der Waals surface area (Å²) < 4.78 is 1.55. The average Bonchev–Trinajstić information content (AvgIpc) is 2.94. The second kappa shape index (κ2) is 6.01. The highest BCUT2D eigenvalue weighted by Gasteiger charge is 2.27. The van der Waals surface area contributed by atoms with Crippen molar-refractivity contribution in [3.05, 3.63) is 30.1 Å². The summed E-state index contributed by atoms with van der Waals surface area (Å²) >= 11 is 0. The van der Waals surface area contributed by atoms with Crippen molar-refractivity contribution in [1.82, 2.24) is 20.2 Å². The fourth-order valence-corrected chi connectivity index (χ4v) is 2.11. The van der Waals surface area contributed by atoms with Gasteiger partial charge in [-0.25, -0.2) is 4.68 Å². The van der Waals surface area contributed by atoms with Crippen LogP contribution in [0.1, 0.15) is 32.3 Å². The number of tetrazole rings is 1. The third kappa shape index (κ3) is 3.43. The zero-order valence-electron chi connectivity index (χ0n) is 12.5. The lowest BCUT2D eigenvalue weighted by molar-refractivity contribution is -0.120. The van der Waals surface area contributed by atoms with Gasteiger partial charge < -0.3 is 11.1 Å². The molecule has 1 amide bonds. The van der Waals surface area contributed by atoms with Crippen LogP contribution >= 0.6 is 0 Å². The molecular formula is C14H20N6O. The molecule has 2 rings (SSSR count). The molecule has 0 aliphatic rings. The van der Waals surface area contributed by atoms with E-state index >= 15 is 0 Å². The summed E-state index contributed by atoms with van der Waals surface area (Å²) in [7, 11) is 0. The Morgan fingerprint density at radius 1 is 1.48 bits per heavy atom. The number of hydrogen-bond acceptors (Lipinski definition) is 5. The van der Waals surface area contributed by atoms with Crippen molar-refractivity contribution in [2.45, 2.75) is 39.2 Å². The third-order valence-corrected chi connectivity index (χ3v) is 3.35. The fraction of sp³-hybridized carbons (Fsp3) is 0.429. The zero-order valence-corrected chi connectivity index (χ0v) is 12.5. The first-order valence-corrected chi connectivity index (χ1v) is 6.88. The van der Waals surface area contributed by atoms with Gasteiger partial charge in [0.2, 0.25) is 5.91 Å². The van der Waals surface area contributed by atoms with Crippen LogP contribution in [0.2, 0.25) is 0 Å². The highest BCUT2D eigenvalue weighted by molar-refractivity contribution is 5.97. The summed E-state index contributed by atoms with van der Waals surface area (Å²) in [6.07, 6.45) is 2.99. The van der Waals surface area contributed by atoms with E-state index in [2.05, 4.69) is 20.8 Å². The minimum atomic E-state index is -0.880. The van der Waals surface area contributed by atoms with E-state index in [1.54, 1.807) is 11.6 Å². The molecule has 3 N–H and O–H groups in total. The smallest absolute Gasteiger partial charge is 0.244 e. The lowest BCUT2D eigenvalue weighted by Crippen LogP contribution is -2.48. The molecule has 0 radical (unpaired) electrons. The van der Waals surface area contributed by atoms with Crippen LogP contribution in [0, 0.1) is 6.92 Å². The van der Waals surface area contributed by atoms with Crippen molar-refractivity contribution in [3.63, 3.8) is 0 Å². The number of rotatable bonds is 5. The molecule has 1 heterocycles. The standard InChI is InChI=1S/C14H20N6O/c1-4-7-14(3,15)13(21)17-11-6-5-10(2)12(8-11)20-9-16-18-19-20/h5-6,8-9H,4,7,15H2,1-3H3,(H,17,21). The number of carbonyl (C=O) groups excluding carboxylic acids is 1. The van der Waals surface area contributed by atoms with Crippen LogP contribution in [0.25, 0.3) is 5.69 Å². The highest BCUT2D eigenvalue weighted by atomic mass is 16.2. The van der Waals surface area contributed by atoms with Gasteiger partial charge in [-0.1, -0.05) is 19.4 Å². The predicted molar refractivity (Wildman–Crippen MR) is 80.0 cm³/mol. The molecule has 0 bridgehead atoms. The molecule has 0 saturated carbocycles. The first kappa shape index (κ1) is 15.1. The van der Waals surface area contributed by atoms with Gasteiger partial charge in [-0.15, -0.1) is 5.10 Å². The molecule has 0 saturated heterocycles. The number of hydrogen-bond donors (Lipinski definition) is 2. The number of nitrogens with one attached hydrogen (secondary N) is 1. The Balaban J connectivity index is 2.22. The third-order valence-electron chi connectivity index (χ3n) is 3.35. The minimum Gasteiger partial charge on any atom is -0.324 e. The number of carbonyl (C=O) groups is 1. The normalized spacial score (nSPS) is 13.7. The zero-order chi connectivity index (χ0) is 15.5. The number of benzene rings is 1. The maximum atomic E-state index is 12.2. The summed E-state index contributed by atoms with van der Waals surface area (Å²) in [5, 5.41) is 14.0. The quantitative estimate of drug-likeness (QED) is 0.867. The fourth-order valence-electron chi connectivity index (χ4n) is 2.11. The Bertz CT molecular complexity index is 620. The Hall–Kier alpha value is -2.28. The van der Waals surface area contributed by atoms with Gasteiger partial charge in [0.25, 0.3) is 0 Å². The Kier molecular flexibility index (Phi) is 4.32. The van der Waals surface area contributed by atoms with Gasteiger partial charge in [0.05, 0.1) is 11.2 Å². The largest absolute Gasteiger partial charge is 0.324 e. The van der Waals surface area contributed by atoms with E-state index in [1.807, 2.05) is 32.0 Å². The molecule has 0 aliphatic heterocycles. The maximum absolute atomic E-state index is 12.2. The summed E-state index contributed by atoms with van der Waals surface area (Å²) in [6, 6.07) is 5.56. The van der Waals surface area contributed by atoms with Gasteiger partial charge in [-0.2, -0.15) is 0 Å². The maximum Gasteiger partial charge on any atom is 0.244 e. The number of anilines is 1. The van der Waals surface area contributed by atoms with E-state index in [9.17, 15) is 4.79 Å². The summed E-state index contributed by atoms with van der Waals surface area (Å²) in [4.78, 5) is 12.2. The molecule has 0 spiro atoms. The number of amides is 1. The Morgan fingerprint density at radius 3 is 2.86 bits per heavy atom. The molecule has 1 aromatic heterocycles. The molecule has 112 valence electrons. The molecule has 1 unspecified atom stereocenters. The van der Waals surface area contributed by atoms with Crippen molar-refractivity contribution in [2.75, 3.05) is 5.32 Å². The van der Waals surface area contributed by atoms with E-state index < -0.39 is 5.54 Å². The van der Waals surface area contributed by atoms with Gasteiger partial charge in [0.1, 0.15) is 6.33 Å². The van der Waals surface area contributed by atoms with Crippen LogP contribution in [-0.2, 0) is 4.79 Å². The van der Waals surface area contributed by atoms with Crippen molar-refractivity contribution in [3.8, 4) is 5.69 Å². The van der Waals surface area contributed by atoms with Crippen LogP contribution in [0.15, 0.2) is 24.5 Å². The van der Waals surface area contributed by atoms with Gasteiger partial charge in [0.15, 0.2) is 0 Å². The van der Waals surface area contributed by atoms with Crippen LogP contribution in [0.3, 0.4) is 0 Å². The molecule has 7 heteroatoms. The predicted octanol–water partition coefficient (Wildman–Crippen LogP) is 1.43. The molecule has 1 atom stereocenters. The van der Waals surface area contributed by atoms with Crippen molar-refractivity contribution in [2.24, 2.45) is 5.73 Å². The molecule has 0 aliphatic carbocycles. The van der Waals surface area contributed by atoms with Gasteiger partial charge in [-0.3, -0.25) is 4.79 Å². The number of nitrogens with two attached hydrogens (primary N) is 1. The first-order chi connectivity index (χ1) is 9.94. The van der Waals surface area contributed by atoms with Gasteiger partial charge >= 0.3 is 0 Å². The molecule has 2 aromatic rings. The second-order valence-electron chi connectivity index (χ2n) is 5.38. The van der Waals surface area contributed by atoms with Crippen LogP contribution < -0.4 is 11.1 Å². The van der Waals surface area contributed by atoms with E-state index in [0.29, 0.717) is 12.1 Å². The lowest BCUT2D eigenvalue weighted by atomic mass is 9.96. The van der Waals surface area contributed by atoms with Crippen LogP contribution in [0.4, 0.5) is 5.69 Å². The molecular weight excluding hydrogens is 268 g/mol. The summed E-state index contributed by atoms with van der Waals surface area (Å²) in [5.41, 5.74) is 7.64. The van der Waals surface area contributed by atoms with Gasteiger partial charge in [-0.05, 0) is 48.4 Å². The average molecular weight is 288 g/mol. The summed E-state index contributed by atoms with van der Waals surface area (Å²) in [5.74, 6) is -0.198. The molecule has 21 heavy (non-hydrogen) atoms. The summed E-state index contributed by atoms with van der Waals surface area (Å²) in [6.45, 7) is 5.69. The monoisotopic (exact) mass is 288 g/mol. The number of aromatic nitrogens is 4. The minimum absolute atomic E-state index is 0.198. The number of nitrogens with zero attached hydrogens (tertiary/aromatic N) is 4. The van der Waals surface area contributed by atoms with Crippen LogP contribution in [-0.4, -0.2) is 31.7 Å². The van der Waals surface area contributed by atoms with E-state index in [0.717, 1.165) is 17.7 Å². The molecule has 1 aromatic carbocycles. The van der Waals surface area contributed by atoms with E-state index in [1.165, 1.54) is 6.33 Å². The first-order valence-electron chi connectivity index (χ1n) is 6.88. The van der Waals surface area contributed by atoms with Crippen molar-refractivity contribution in [1.29, 1.82) is 0 Å². The Labute approximate surface area is 123 Å². The molecule has 0 fully saturated rings. The van der Waals surface area contributed by atoms with Gasteiger partial charge in [0, 0.05) is 5.69 Å². The molecule has 7 nitrogen and oxygen atoms in total. The van der Waals surface area contributed by atoms with Crippen molar-refractivity contribution < 1.29 is 4.79 Å². The lowest BCUT2D eigenvalue weighted by Gasteiger charge is -2.23. The number of aryl methyl sites for hydroxylation is 1. The second-order valence-corrected chi connectivity index (χ2v) is 5.38. The van der Waals surface area contributed by atoms with Crippen LogP contribution in [0.5, 0.6) is 0 Å². The van der Waals surface area contributed by atoms with Crippen molar-refractivity contribution >= 4 is 11.6 Å². The highest BCUT2D eigenvalue weighted by Crippen LogP contribution is 2.20. The topological polar surface area (TPSA) is 98.7 Å². The van der Waals surface area contributed by atoms with E-state index in [4.69, 9.17) is 5.73 Å².